The number of nitrogens with zero attached hydrogens (tertiary/aromatic N) is 2. The van der Waals surface area contributed by atoms with Crippen LogP contribution in [0, 0.1) is 0 Å². The van der Waals surface area contributed by atoms with Crippen molar-refractivity contribution in [3.8, 4) is 0 Å². The number of nitrogens with one attached hydrogen (secondary N) is 2. The zero-order valence-corrected chi connectivity index (χ0v) is 12.6. The van der Waals surface area contributed by atoms with Gasteiger partial charge >= 0.3 is 6.03 Å². The lowest BCUT2D eigenvalue weighted by Gasteiger charge is -2.19. The van der Waals surface area contributed by atoms with Gasteiger partial charge in [0.15, 0.2) is 0 Å². The number of aromatic nitrogens is 1. The molecule has 118 valence electrons. The monoisotopic (exact) mass is 312 g/mol. The fourth-order valence-corrected chi connectivity index (χ4v) is 2.58. The zero-order valence-electron chi connectivity index (χ0n) is 12.6. The first-order valence-corrected chi connectivity index (χ1v) is 7.22. The summed E-state index contributed by atoms with van der Waals surface area (Å²) < 4.78 is 0. The van der Waals surface area contributed by atoms with Crippen LogP contribution in [0.15, 0.2) is 36.5 Å². The van der Waals surface area contributed by atoms with Crippen LogP contribution in [-0.4, -0.2) is 40.8 Å². The molecule has 2 aromatic rings. The van der Waals surface area contributed by atoms with E-state index in [2.05, 4.69) is 15.6 Å². The van der Waals surface area contributed by atoms with Gasteiger partial charge in [0, 0.05) is 25.2 Å². The van der Waals surface area contributed by atoms with Crippen LogP contribution >= 0.6 is 0 Å². The highest BCUT2D eigenvalue weighted by Crippen LogP contribution is 2.18. The second-order valence-corrected chi connectivity index (χ2v) is 5.46. The van der Waals surface area contributed by atoms with Crippen molar-refractivity contribution in [2.75, 3.05) is 7.05 Å². The molecule has 0 spiro atoms. The Morgan fingerprint density at radius 2 is 2.09 bits per heavy atom. The Morgan fingerprint density at radius 1 is 1.26 bits per heavy atom. The Bertz CT molecular complexity index is 784. The number of benzene rings is 1. The van der Waals surface area contributed by atoms with Crippen LogP contribution in [0.5, 0.6) is 0 Å². The molecule has 4 amide bonds. The van der Waals surface area contributed by atoms with Crippen molar-refractivity contribution in [3.63, 3.8) is 0 Å². The summed E-state index contributed by atoms with van der Waals surface area (Å²) in [5, 5.41) is 5.53. The highest BCUT2D eigenvalue weighted by atomic mass is 16.2. The normalized spacial score (nSPS) is 17.0. The Morgan fingerprint density at radius 3 is 2.83 bits per heavy atom. The van der Waals surface area contributed by atoms with E-state index in [-0.39, 0.29) is 12.3 Å². The number of amides is 4. The molecular weight excluding hydrogens is 296 g/mol. The van der Waals surface area contributed by atoms with Crippen molar-refractivity contribution in [3.05, 3.63) is 42.1 Å². The maximum absolute atomic E-state index is 12.3. The van der Waals surface area contributed by atoms with E-state index in [1.807, 2.05) is 30.3 Å². The summed E-state index contributed by atoms with van der Waals surface area (Å²) in [6.07, 6.45) is 1.67. The summed E-state index contributed by atoms with van der Waals surface area (Å²) >= 11 is 0. The maximum Gasteiger partial charge on any atom is 0.322 e. The molecule has 1 aromatic heterocycles. The second kappa shape index (κ2) is 6.04. The number of carbonyl (C=O) groups excluding carboxylic acids is 3. The Kier molecular flexibility index (Phi) is 3.92. The van der Waals surface area contributed by atoms with Crippen LogP contribution in [0.4, 0.5) is 4.79 Å². The molecule has 7 nitrogen and oxygen atoms in total. The van der Waals surface area contributed by atoms with Crippen molar-refractivity contribution in [2.24, 2.45) is 0 Å². The van der Waals surface area contributed by atoms with Gasteiger partial charge in [0.1, 0.15) is 6.04 Å². The van der Waals surface area contributed by atoms with Gasteiger partial charge in [-0.15, -0.1) is 0 Å². The minimum Gasteiger partial charge on any atom is -0.341 e. The number of hydrogen-bond donors (Lipinski definition) is 2. The van der Waals surface area contributed by atoms with Crippen LogP contribution < -0.4 is 10.6 Å². The molecule has 23 heavy (non-hydrogen) atoms. The van der Waals surface area contributed by atoms with E-state index < -0.39 is 18.0 Å². The number of hydrogen-bond acceptors (Lipinski definition) is 4. The van der Waals surface area contributed by atoms with E-state index in [4.69, 9.17) is 0 Å². The standard InChI is InChI=1S/C16H16N4O3/c1-20(14(21)8-13-15(22)19-16(23)18-13)9-10-4-2-6-12-11(10)5-3-7-17-12/h2-7,13H,8-9H2,1H3,(H2,18,19,22,23)/t13-/m1/s1. The molecule has 1 fully saturated rings. The van der Waals surface area contributed by atoms with E-state index in [9.17, 15) is 14.4 Å². The number of rotatable bonds is 4. The molecule has 2 heterocycles. The summed E-state index contributed by atoms with van der Waals surface area (Å²) in [6.45, 7) is 0.407. The molecule has 0 aliphatic carbocycles. The lowest BCUT2D eigenvalue weighted by molar-refractivity contribution is -0.133. The average Bonchev–Trinajstić information content (AvgIpc) is 2.85. The molecule has 7 heteroatoms. The van der Waals surface area contributed by atoms with Crippen LogP contribution in [0.1, 0.15) is 12.0 Å². The van der Waals surface area contributed by atoms with E-state index in [1.54, 1.807) is 18.1 Å². The summed E-state index contributed by atoms with van der Waals surface area (Å²) in [6, 6.07) is 8.21. The third kappa shape index (κ3) is 3.13. The molecule has 2 N–H and O–H groups in total. The predicted molar refractivity (Wildman–Crippen MR) is 83.3 cm³/mol. The number of pyridine rings is 1. The molecule has 1 aliphatic rings. The molecule has 1 aromatic carbocycles. The number of imide groups is 1. The van der Waals surface area contributed by atoms with Gasteiger partial charge in [0.25, 0.3) is 5.91 Å². The van der Waals surface area contributed by atoms with Crippen molar-refractivity contribution in [1.29, 1.82) is 0 Å². The first kappa shape index (κ1) is 15.0. The molecule has 1 atom stereocenters. The molecule has 1 saturated heterocycles. The van der Waals surface area contributed by atoms with E-state index in [1.165, 1.54) is 0 Å². The highest BCUT2D eigenvalue weighted by Gasteiger charge is 2.32. The summed E-state index contributed by atoms with van der Waals surface area (Å²) in [5.41, 5.74) is 1.85. The summed E-state index contributed by atoms with van der Waals surface area (Å²) in [5.74, 6) is -0.681. The van der Waals surface area contributed by atoms with E-state index in [0.717, 1.165) is 16.5 Å². The van der Waals surface area contributed by atoms with E-state index in [0.29, 0.717) is 6.54 Å². The number of fused-ring (bicyclic) bond motifs is 1. The molecule has 1 aliphatic heterocycles. The third-order valence-corrected chi connectivity index (χ3v) is 3.81. The van der Waals surface area contributed by atoms with Crippen LogP contribution in [0.2, 0.25) is 0 Å². The van der Waals surface area contributed by atoms with Gasteiger partial charge in [0.2, 0.25) is 5.91 Å². The molecule has 0 saturated carbocycles. The Labute approximate surface area is 132 Å². The largest absolute Gasteiger partial charge is 0.341 e. The average molecular weight is 312 g/mol. The molecule has 0 unspecified atom stereocenters. The van der Waals surface area contributed by atoms with Gasteiger partial charge in [-0.05, 0) is 17.7 Å². The quantitative estimate of drug-likeness (QED) is 0.817. The third-order valence-electron chi connectivity index (χ3n) is 3.81. The van der Waals surface area contributed by atoms with Crippen LogP contribution in [0.25, 0.3) is 10.9 Å². The first-order chi connectivity index (χ1) is 11.0. The van der Waals surface area contributed by atoms with Crippen molar-refractivity contribution in [2.45, 2.75) is 19.0 Å². The van der Waals surface area contributed by atoms with Gasteiger partial charge in [-0.3, -0.25) is 19.9 Å². The maximum atomic E-state index is 12.3. The van der Waals surface area contributed by atoms with Crippen molar-refractivity contribution < 1.29 is 14.4 Å². The van der Waals surface area contributed by atoms with E-state index >= 15 is 0 Å². The molecule has 0 radical (unpaired) electrons. The summed E-state index contributed by atoms with van der Waals surface area (Å²) in [4.78, 5) is 40.7. The smallest absolute Gasteiger partial charge is 0.322 e. The van der Waals surface area contributed by atoms with Gasteiger partial charge in [0.05, 0.1) is 11.9 Å². The predicted octanol–water partition coefficient (Wildman–Crippen LogP) is 0.791. The second-order valence-electron chi connectivity index (χ2n) is 5.46. The lowest BCUT2D eigenvalue weighted by Crippen LogP contribution is -2.36. The van der Waals surface area contributed by atoms with Gasteiger partial charge in [-0.25, -0.2) is 4.79 Å². The lowest BCUT2D eigenvalue weighted by atomic mass is 10.1. The minimum atomic E-state index is -0.799. The minimum absolute atomic E-state index is 0.0584. The van der Waals surface area contributed by atoms with Crippen molar-refractivity contribution in [1.82, 2.24) is 20.5 Å². The number of carbonyl (C=O) groups is 3. The fourth-order valence-electron chi connectivity index (χ4n) is 2.58. The molecule has 0 bridgehead atoms. The molecular formula is C16H16N4O3. The van der Waals surface area contributed by atoms with Gasteiger partial charge in [-0.2, -0.15) is 0 Å². The fraction of sp³-hybridized carbons (Fsp3) is 0.250. The first-order valence-electron chi connectivity index (χ1n) is 7.22. The Hall–Kier alpha value is -2.96. The number of urea groups is 1. The van der Waals surface area contributed by atoms with Crippen LogP contribution in [0.3, 0.4) is 0 Å². The van der Waals surface area contributed by atoms with Gasteiger partial charge < -0.3 is 10.2 Å². The summed E-state index contributed by atoms with van der Waals surface area (Å²) in [7, 11) is 1.67. The Balaban J connectivity index is 1.70. The molecule has 3 rings (SSSR count). The SMILES string of the molecule is CN(Cc1cccc2ncccc12)C(=O)C[C@H]1NC(=O)NC1=O. The van der Waals surface area contributed by atoms with Gasteiger partial charge in [-0.1, -0.05) is 18.2 Å². The highest BCUT2D eigenvalue weighted by molar-refractivity contribution is 6.05. The van der Waals surface area contributed by atoms with Crippen LogP contribution in [-0.2, 0) is 16.1 Å². The van der Waals surface area contributed by atoms with Crippen molar-refractivity contribution >= 4 is 28.7 Å². The zero-order chi connectivity index (χ0) is 16.4. The topological polar surface area (TPSA) is 91.4 Å².